The van der Waals surface area contributed by atoms with E-state index >= 15 is 0 Å². The van der Waals surface area contributed by atoms with Gasteiger partial charge in [0.25, 0.3) is 12.0 Å². The van der Waals surface area contributed by atoms with Gasteiger partial charge in [0, 0.05) is 6.20 Å². The Morgan fingerprint density at radius 2 is 2.15 bits per heavy atom. The van der Waals surface area contributed by atoms with Gasteiger partial charge in [0.15, 0.2) is 5.82 Å². The quantitative estimate of drug-likeness (QED) is 0.772. The minimum Gasteiger partial charge on any atom is -0.489 e. The Hall–Kier alpha value is -1.46. The first kappa shape index (κ1) is 9.63. The molecule has 0 aliphatic rings. The van der Waals surface area contributed by atoms with Gasteiger partial charge in [0.1, 0.15) is 0 Å². The van der Waals surface area contributed by atoms with Gasteiger partial charge in [-0.1, -0.05) is 0 Å². The Bertz CT molecular complexity index is 361. The van der Waals surface area contributed by atoms with Crippen LogP contribution in [0.15, 0.2) is 11.0 Å². The summed E-state index contributed by atoms with van der Waals surface area (Å²) >= 11 is 0. The molecule has 0 atom stereocenters. The van der Waals surface area contributed by atoms with E-state index in [-0.39, 0.29) is 0 Å². The monoisotopic (exact) mass is 193 g/mol. The van der Waals surface area contributed by atoms with Crippen LogP contribution < -0.4 is 10.3 Å². The highest BCUT2D eigenvalue weighted by atomic mass is 19.3. The largest absolute Gasteiger partial charge is 0.489 e. The van der Waals surface area contributed by atoms with Gasteiger partial charge in [-0.3, -0.25) is 4.79 Å². The molecule has 1 aromatic heterocycles. The topological polar surface area (TPSA) is 42.1 Å². The van der Waals surface area contributed by atoms with Crippen LogP contribution in [-0.4, -0.2) is 12.1 Å². The zero-order valence-corrected chi connectivity index (χ0v) is 6.61. The third-order valence-corrected chi connectivity index (χ3v) is 1.46. The average molecular weight is 193 g/mol. The summed E-state index contributed by atoms with van der Waals surface area (Å²) in [5, 5.41) is 0. The van der Waals surface area contributed by atoms with Gasteiger partial charge >= 0.3 is 0 Å². The second-order valence-corrected chi connectivity index (χ2v) is 2.22. The summed E-state index contributed by atoms with van der Waals surface area (Å²) in [7, 11) is 1.03. The van der Waals surface area contributed by atoms with Gasteiger partial charge in [-0.05, 0) is 0 Å². The number of halogens is 3. The predicted octanol–water partition coefficient (Wildman–Crippen LogP) is 1.46. The van der Waals surface area contributed by atoms with E-state index in [1.54, 1.807) is 0 Å². The highest BCUT2D eigenvalue weighted by Gasteiger charge is 2.19. The van der Waals surface area contributed by atoms with Crippen molar-refractivity contribution in [2.75, 3.05) is 7.11 Å². The van der Waals surface area contributed by atoms with Gasteiger partial charge in [-0.2, -0.15) is 0 Å². The minimum atomic E-state index is -2.98. The molecular formula is C7H6F3NO2. The third kappa shape index (κ3) is 1.66. The number of aromatic amines is 1. The Kier molecular flexibility index (Phi) is 2.60. The molecule has 0 radical (unpaired) electrons. The van der Waals surface area contributed by atoms with Crippen LogP contribution in [0.25, 0.3) is 0 Å². The van der Waals surface area contributed by atoms with E-state index in [1.165, 1.54) is 0 Å². The summed E-state index contributed by atoms with van der Waals surface area (Å²) in [6.45, 7) is 0. The molecule has 0 saturated carbocycles. The molecule has 0 spiro atoms. The lowest BCUT2D eigenvalue weighted by atomic mass is 10.2. The van der Waals surface area contributed by atoms with Gasteiger partial charge < -0.3 is 9.72 Å². The van der Waals surface area contributed by atoms with E-state index in [0.29, 0.717) is 6.20 Å². The van der Waals surface area contributed by atoms with Crippen molar-refractivity contribution in [1.29, 1.82) is 0 Å². The summed E-state index contributed by atoms with van der Waals surface area (Å²) in [6.07, 6.45) is -2.35. The van der Waals surface area contributed by atoms with Crippen molar-refractivity contribution in [3.05, 3.63) is 27.9 Å². The zero-order valence-electron chi connectivity index (χ0n) is 6.61. The molecule has 0 bridgehead atoms. The first-order valence-electron chi connectivity index (χ1n) is 3.31. The van der Waals surface area contributed by atoms with Crippen LogP contribution in [0.2, 0.25) is 0 Å². The first-order chi connectivity index (χ1) is 6.07. The molecule has 0 aliphatic heterocycles. The molecule has 0 amide bonds. The number of ether oxygens (including phenoxy) is 1. The second-order valence-electron chi connectivity index (χ2n) is 2.22. The van der Waals surface area contributed by atoms with Gasteiger partial charge in [-0.15, -0.1) is 0 Å². The number of alkyl halides is 2. The Morgan fingerprint density at radius 3 is 2.62 bits per heavy atom. The molecule has 1 heterocycles. The summed E-state index contributed by atoms with van der Waals surface area (Å²) in [6, 6.07) is 0. The highest BCUT2D eigenvalue weighted by molar-refractivity contribution is 5.27. The van der Waals surface area contributed by atoms with Crippen LogP contribution in [0.1, 0.15) is 12.0 Å². The van der Waals surface area contributed by atoms with Crippen LogP contribution in [0.5, 0.6) is 5.75 Å². The molecule has 0 aliphatic carbocycles. The van der Waals surface area contributed by atoms with Crippen molar-refractivity contribution in [2.45, 2.75) is 6.43 Å². The van der Waals surface area contributed by atoms with E-state index in [4.69, 9.17) is 0 Å². The number of rotatable bonds is 2. The molecule has 0 saturated heterocycles. The van der Waals surface area contributed by atoms with Gasteiger partial charge in [0.2, 0.25) is 5.75 Å². The number of hydrogen-bond acceptors (Lipinski definition) is 2. The maximum atomic E-state index is 13.0. The fraction of sp³-hybridized carbons (Fsp3) is 0.286. The van der Waals surface area contributed by atoms with Crippen LogP contribution >= 0.6 is 0 Å². The third-order valence-electron chi connectivity index (χ3n) is 1.46. The number of aromatic nitrogens is 1. The van der Waals surface area contributed by atoms with E-state index in [2.05, 4.69) is 4.74 Å². The zero-order chi connectivity index (χ0) is 10.0. The van der Waals surface area contributed by atoms with Crippen LogP contribution in [-0.2, 0) is 0 Å². The molecule has 1 N–H and O–H groups in total. The van der Waals surface area contributed by atoms with E-state index in [9.17, 15) is 18.0 Å². The lowest BCUT2D eigenvalue weighted by Gasteiger charge is -2.04. The number of hydrogen-bond donors (Lipinski definition) is 1. The molecule has 0 fully saturated rings. The first-order valence-corrected chi connectivity index (χ1v) is 3.31. The summed E-state index contributed by atoms with van der Waals surface area (Å²) in [4.78, 5) is 12.7. The van der Waals surface area contributed by atoms with E-state index in [0.717, 1.165) is 7.11 Å². The minimum absolute atomic E-state index is 0.630. The number of nitrogens with one attached hydrogen (secondary N) is 1. The standard InChI is InChI=1S/C7H6F3NO2/c1-13-5-4(8)3(6(9)10)2-11-7(5)12/h2,6H,1H3,(H,11,12). The van der Waals surface area contributed by atoms with Gasteiger partial charge in [0.05, 0.1) is 12.7 Å². The van der Waals surface area contributed by atoms with E-state index < -0.39 is 29.1 Å². The Labute approximate surface area is 71.2 Å². The molecular weight excluding hydrogens is 187 g/mol. The van der Waals surface area contributed by atoms with Crippen molar-refractivity contribution in [3.63, 3.8) is 0 Å². The maximum absolute atomic E-state index is 13.0. The summed E-state index contributed by atoms with van der Waals surface area (Å²) in [5.74, 6) is -2.04. The fourth-order valence-corrected chi connectivity index (χ4v) is 0.844. The fourth-order valence-electron chi connectivity index (χ4n) is 0.844. The molecule has 6 heteroatoms. The molecule has 1 rings (SSSR count). The predicted molar refractivity (Wildman–Crippen MR) is 38.5 cm³/mol. The highest BCUT2D eigenvalue weighted by Crippen LogP contribution is 2.24. The number of methoxy groups -OCH3 is 1. The number of H-pyrrole nitrogens is 1. The summed E-state index contributed by atoms with van der Waals surface area (Å²) < 4.78 is 41.4. The van der Waals surface area contributed by atoms with Crippen LogP contribution in [0, 0.1) is 5.82 Å². The smallest absolute Gasteiger partial charge is 0.293 e. The van der Waals surface area contributed by atoms with Crippen molar-refractivity contribution in [3.8, 4) is 5.75 Å². The van der Waals surface area contributed by atoms with Crippen molar-refractivity contribution < 1.29 is 17.9 Å². The summed E-state index contributed by atoms with van der Waals surface area (Å²) in [5.41, 5.74) is -1.75. The molecule has 0 unspecified atom stereocenters. The van der Waals surface area contributed by atoms with Crippen molar-refractivity contribution in [1.82, 2.24) is 4.98 Å². The normalized spacial score (nSPS) is 10.5. The lowest BCUT2D eigenvalue weighted by molar-refractivity contribution is 0.144. The Balaban J connectivity index is 3.36. The molecule has 1 aromatic rings. The van der Waals surface area contributed by atoms with Crippen LogP contribution in [0.3, 0.4) is 0 Å². The maximum Gasteiger partial charge on any atom is 0.293 e. The SMILES string of the molecule is COc1c(F)c(C(F)F)c[nH]c1=O. The molecule has 72 valence electrons. The molecule has 0 aromatic carbocycles. The number of pyridine rings is 1. The molecule has 3 nitrogen and oxygen atoms in total. The lowest BCUT2D eigenvalue weighted by Crippen LogP contribution is -2.13. The Morgan fingerprint density at radius 1 is 1.54 bits per heavy atom. The van der Waals surface area contributed by atoms with Crippen molar-refractivity contribution >= 4 is 0 Å². The average Bonchev–Trinajstić information content (AvgIpc) is 2.04. The second kappa shape index (κ2) is 3.51. The van der Waals surface area contributed by atoms with E-state index in [1.807, 2.05) is 4.98 Å². The van der Waals surface area contributed by atoms with Crippen molar-refractivity contribution in [2.24, 2.45) is 0 Å². The molecule has 13 heavy (non-hydrogen) atoms. The van der Waals surface area contributed by atoms with Crippen LogP contribution in [0.4, 0.5) is 13.2 Å². The van der Waals surface area contributed by atoms with Gasteiger partial charge in [-0.25, -0.2) is 13.2 Å².